The molecule has 14 heavy (non-hydrogen) atoms. The predicted octanol–water partition coefficient (Wildman–Crippen LogP) is 1.02. The second kappa shape index (κ2) is 3.87. The Morgan fingerprint density at radius 1 is 1.07 bits per heavy atom. The van der Waals surface area contributed by atoms with E-state index in [9.17, 15) is 4.79 Å². The average Bonchev–Trinajstić information content (AvgIpc) is 2.76. The van der Waals surface area contributed by atoms with Crippen LogP contribution in [0.4, 0.5) is 0 Å². The predicted molar refractivity (Wildman–Crippen MR) is 45.4 cm³/mol. The van der Waals surface area contributed by atoms with Gasteiger partial charge >= 0.3 is 0 Å². The van der Waals surface area contributed by atoms with Crippen LogP contribution in [0.1, 0.15) is 11.5 Å². The van der Waals surface area contributed by atoms with Crippen molar-refractivity contribution in [3.8, 4) is 0 Å². The van der Waals surface area contributed by atoms with Crippen molar-refractivity contribution in [1.82, 2.24) is 10.3 Å². The van der Waals surface area contributed by atoms with Crippen LogP contribution < -0.4 is 0 Å². The van der Waals surface area contributed by atoms with Gasteiger partial charge in [0, 0.05) is 12.1 Å². The van der Waals surface area contributed by atoms with Gasteiger partial charge in [-0.15, -0.1) is 0 Å². The number of ketones is 1. The van der Waals surface area contributed by atoms with Crippen molar-refractivity contribution >= 4 is 5.78 Å². The molecule has 0 radical (unpaired) electrons. The minimum Gasteiger partial charge on any atom is -0.361 e. The molecule has 0 aliphatic carbocycles. The second-order valence-electron chi connectivity index (χ2n) is 2.85. The maximum Gasteiger partial charge on any atom is 0.148 e. The quantitative estimate of drug-likeness (QED) is 0.723. The Morgan fingerprint density at radius 2 is 1.57 bits per heavy atom. The minimum atomic E-state index is 0.0125. The Hall–Kier alpha value is -1.91. The fourth-order valence-corrected chi connectivity index (χ4v) is 1.12. The van der Waals surface area contributed by atoms with Crippen LogP contribution in [-0.4, -0.2) is 16.1 Å². The van der Waals surface area contributed by atoms with Crippen LogP contribution in [-0.2, 0) is 17.6 Å². The molecule has 5 heteroatoms. The minimum absolute atomic E-state index is 0.0125. The summed E-state index contributed by atoms with van der Waals surface area (Å²) in [6.45, 7) is 0. The number of hydrogen-bond donors (Lipinski definition) is 0. The Labute approximate surface area is 79.7 Å². The third-order valence-electron chi connectivity index (χ3n) is 1.73. The summed E-state index contributed by atoms with van der Waals surface area (Å²) in [4.78, 5) is 11.4. The van der Waals surface area contributed by atoms with E-state index in [-0.39, 0.29) is 18.6 Å². The molecule has 0 aliphatic heterocycles. The molecule has 0 N–H and O–H groups in total. The van der Waals surface area contributed by atoms with Crippen molar-refractivity contribution in [2.45, 2.75) is 12.8 Å². The third-order valence-corrected chi connectivity index (χ3v) is 1.73. The van der Waals surface area contributed by atoms with Crippen molar-refractivity contribution in [2.75, 3.05) is 0 Å². The van der Waals surface area contributed by atoms with Gasteiger partial charge in [0.15, 0.2) is 0 Å². The number of rotatable bonds is 4. The summed E-state index contributed by atoms with van der Waals surface area (Å²) in [5.74, 6) is 1.14. The fourth-order valence-electron chi connectivity index (χ4n) is 1.12. The summed E-state index contributed by atoms with van der Waals surface area (Å²) in [5.41, 5.74) is 0. The number of hydrogen-bond acceptors (Lipinski definition) is 5. The SMILES string of the molecule is O=C(Cc1ccno1)Cc1ccno1. The molecule has 0 spiro atoms. The molecule has 0 fully saturated rings. The van der Waals surface area contributed by atoms with Gasteiger partial charge in [0.25, 0.3) is 0 Å². The summed E-state index contributed by atoms with van der Waals surface area (Å²) < 4.78 is 9.61. The van der Waals surface area contributed by atoms with Crippen LogP contribution >= 0.6 is 0 Å². The zero-order chi connectivity index (χ0) is 9.80. The molecule has 0 amide bonds. The highest BCUT2D eigenvalue weighted by atomic mass is 16.5. The highest BCUT2D eigenvalue weighted by Crippen LogP contribution is 2.03. The highest BCUT2D eigenvalue weighted by Gasteiger charge is 2.09. The van der Waals surface area contributed by atoms with E-state index in [0.29, 0.717) is 11.5 Å². The standard InChI is InChI=1S/C9H8N2O3/c12-7(5-8-1-3-10-13-8)6-9-2-4-11-14-9/h1-4H,5-6H2. The van der Waals surface area contributed by atoms with E-state index in [0.717, 1.165) is 0 Å². The molecule has 5 nitrogen and oxygen atoms in total. The van der Waals surface area contributed by atoms with Crippen molar-refractivity contribution in [3.05, 3.63) is 36.0 Å². The van der Waals surface area contributed by atoms with Crippen LogP contribution in [0.25, 0.3) is 0 Å². The average molecular weight is 192 g/mol. The number of Topliss-reactive ketones (excluding diaryl/α,β-unsaturated/α-hetero) is 1. The van der Waals surface area contributed by atoms with E-state index >= 15 is 0 Å². The topological polar surface area (TPSA) is 69.1 Å². The van der Waals surface area contributed by atoms with Gasteiger partial charge in [-0.05, 0) is 0 Å². The van der Waals surface area contributed by atoms with Gasteiger partial charge in [-0.25, -0.2) is 0 Å². The first-order chi connectivity index (χ1) is 6.84. The van der Waals surface area contributed by atoms with E-state index in [1.165, 1.54) is 12.4 Å². The number of carbonyl (C=O) groups is 1. The van der Waals surface area contributed by atoms with E-state index in [2.05, 4.69) is 10.3 Å². The Bertz CT molecular complexity index is 353. The zero-order valence-corrected chi connectivity index (χ0v) is 7.34. The molecule has 0 bridgehead atoms. The van der Waals surface area contributed by atoms with Crippen LogP contribution in [0.5, 0.6) is 0 Å². The smallest absolute Gasteiger partial charge is 0.148 e. The van der Waals surface area contributed by atoms with Crippen LogP contribution in [0.15, 0.2) is 33.6 Å². The highest BCUT2D eigenvalue weighted by molar-refractivity contribution is 5.81. The first-order valence-electron chi connectivity index (χ1n) is 4.15. The molecule has 0 aliphatic rings. The van der Waals surface area contributed by atoms with Crippen molar-refractivity contribution in [2.24, 2.45) is 0 Å². The molecular formula is C9H8N2O3. The zero-order valence-electron chi connectivity index (χ0n) is 7.34. The third kappa shape index (κ3) is 2.07. The molecule has 0 saturated heterocycles. The van der Waals surface area contributed by atoms with Crippen molar-refractivity contribution < 1.29 is 13.8 Å². The van der Waals surface area contributed by atoms with Gasteiger partial charge in [-0.2, -0.15) is 0 Å². The van der Waals surface area contributed by atoms with E-state index in [4.69, 9.17) is 9.05 Å². The summed E-state index contributed by atoms with van der Waals surface area (Å²) in [5, 5.41) is 7.02. The van der Waals surface area contributed by atoms with E-state index in [1.54, 1.807) is 12.1 Å². The molecule has 0 unspecified atom stereocenters. The molecule has 2 aromatic heterocycles. The molecule has 0 saturated carbocycles. The van der Waals surface area contributed by atoms with Gasteiger partial charge in [0.05, 0.1) is 25.2 Å². The lowest BCUT2D eigenvalue weighted by Crippen LogP contribution is -2.05. The maximum absolute atomic E-state index is 11.4. The van der Waals surface area contributed by atoms with Gasteiger partial charge in [-0.1, -0.05) is 10.3 Å². The Kier molecular flexibility index (Phi) is 2.40. The van der Waals surface area contributed by atoms with Gasteiger partial charge in [0.1, 0.15) is 17.3 Å². The first kappa shape index (κ1) is 8.68. The van der Waals surface area contributed by atoms with Crippen LogP contribution in [0, 0.1) is 0 Å². The number of carbonyl (C=O) groups excluding carboxylic acids is 1. The number of aromatic nitrogens is 2. The monoisotopic (exact) mass is 192 g/mol. The Balaban J connectivity index is 1.91. The first-order valence-corrected chi connectivity index (χ1v) is 4.15. The summed E-state index contributed by atoms with van der Waals surface area (Å²) in [6.07, 6.45) is 3.50. The molecule has 2 rings (SSSR count). The molecule has 0 aromatic carbocycles. The molecule has 0 atom stereocenters. The fraction of sp³-hybridized carbons (Fsp3) is 0.222. The second-order valence-corrected chi connectivity index (χ2v) is 2.85. The van der Waals surface area contributed by atoms with Crippen LogP contribution in [0.2, 0.25) is 0 Å². The van der Waals surface area contributed by atoms with Gasteiger partial charge in [-0.3, -0.25) is 4.79 Å². The Morgan fingerprint density at radius 3 is 1.93 bits per heavy atom. The largest absolute Gasteiger partial charge is 0.361 e. The molecule has 2 heterocycles. The van der Waals surface area contributed by atoms with Gasteiger partial charge in [0.2, 0.25) is 0 Å². The molecular weight excluding hydrogens is 184 g/mol. The molecule has 72 valence electrons. The summed E-state index contributed by atoms with van der Waals surface area (Å²) in [7, 11) is 0. The lowest BCUT2D eigenvalue weighted by atomic mass is 10.1. The lowest BCUT2D eigenvalue weighted by molar-refractivity contribution is -0.118. The molecule has 2 aromatic rings. The summed E-state index contributed by atoms with van der Waals surface area (Å²) >= 11 is 0. The van der Waals surface area contributed by atoms with E-state index < -0.39 is 0 Å². The maximum atomic E-state index is 11.4. The normalized spacial score (nSPS) is 10.3. The summed E-state index contributed by atoms with van der Waals surface area (Å²) in [6, 6.07) is 3.33. The van der Waals surface area contributed by atoms with Crippen molar-refractivity contribution in [3.63, 3.8) is 0 Å². The van der Waals surface area contributed by atoms with E-state index in [1.807, 2.05) is 0 Å². The number of nitrogens with zero attached hydrogens (tertiary/aromatic N) is 2. The van der Waals surface area contributed by atoms with Crippen molar-refractivity contribution in [1.29, 1.82) is 0 Å². The van der Waals surface area contributed by atoms with Crippen LogP contribution in [0.3, 0.4) is 0 Å². The lowest BCUT2D eigenvalue weighted by Gasteiger charge is -1.92. The van der Waals surface area contributed by atoms with Gasteiger partial charge < -0.3 is 9.05 Å².